The zero-order valence-corrected chi connectivity index (χ0v) is 46.9. The third kappa shape index (κ3) is 19.7. The molecule has 2 heterocycles. The number of piperidine rings is 1. The van der Waals surface area contributed by atoms with E-state index in [4.69, 9.17) is 28.7 Å². The van der Waals surface area contributed by atoms with Crippen molar-refractivity contribution in [2.75, 3.05) is 60.2 Å². The molecule has 1 aromatic heterocycles. The molecular formula is C55H88N6O13S. The van der Waals surface area contributed by atoms with E-state index in [0.717, 1.165) is 50.6 Å². The fraction of sp³-hybridized carbons (Fsp3) is 0.727. The highest BCUT2D eigenvalue weighted by molar-refractivity contribution is 7.09. The Hall–Kier alpha value is -4.73. The summed E-state index contributed by atoms with van der Waals surface area (Å²) in [5.74, 6) is -2.76. The van der Waals surface area contributed by atoms with Gasteiger partial charge in [0.25, 0.3) is 5.91 Å². The molecule has 1 aliphatic carbocycles. The predicted molar refractivity (Wildman–Crippen MR) is 285 cm³/mol. The van der Waals surface area contributed by atoms with Crippen LogP contribution in [0.3, 0.4) is 0 Å². The van der Waals surface area contributed by atoms with Gasteiger partial charge in [0.15, 0.2) is 6.29 Å². The second-order valence-corrected chi connectivity index (χ2v) is 21.2. The average molecular weight is 1070 g/mol. The zero-order chi connectivity index (χ0) is 55.0. The van der Waals surface area contributed by atoms with Gasteiger partial charge in [-0.1, -0.05) is 67.4 Å². The van der Waals surface area contributed by atoms with E-state index in [-0.39, 0.29) is 105 Å². The van der Waals surface area contributed by atoms with Crippen molar-refractivity contribution in [1.82, 2.24) is 30.7 Å². The Morgan fingerprint density at radius 1 is 0.973 bits per heavy atom. The number of hydrogen-bond acceptors (Lipinski definition) is 16. The number of phenolic OH excluding ortho intramolecular Hbond substituents is 1. The highest BCUT2D eigenvalue weighted by atomic mass is 32.1. The molecule has 19 nitrogen and oxygen atoms in total. The van der Waals surface area contributed by atoms with Gasteiger partial charge < -0.3 is 54.7 Å². The highest BCUT2D eigenvalue weighted by Crippen LogP contribution is 2.36. The van der Waals surface area contributed by atoms with E-state index in [0.29, 0.717) is 49.4 Å². The molecule has 1 aliphatic heterocycles. The molecule has 0 bridgehead atoms. The second kappa shape index (κ2) is 32.8. The lowest BCUT2D eigenvalue weighted by Crippen LogP contribution is -2.58. The first-order valence-corrected chi connectivity index (χ1v) is 28.2. The van der Waals surface area contributed by atoms with Crippen LogP contribution >= 0.6 is 11.3 Å². The van der Waals surface area contributed by atoms with Crippen molar-refractivity contribution < 1.29 is 62.7 Å². The second-order valence-electron chi connectivity index (χ2n) is 20.3. The molecule has 75 heavy (non-hydrogen) atoms. The normalized spacial score (nSPS) is 19.2. The van der Waals surface area contributed by atoms with Gasteiger partial charge in [0, 0.05) is 63.5 Å². The Balaban J connectivity index is 1.35. The maximum atomic E-state index is 14.8. The number of aromatic hydroxyl groups is 1. The fourth-order valence-corrected chi connectivity index (χ4v) is 10.5. The van der Waals surface area contributed by atoms with Crippen molar-refractivity contribution in [1.29, 1.82) is 0 Å². The number of likely N-dealkylation sites (N-methyl/N-ethyl adjacent to an activating group) is 1. The average Bonchev–Trinajstić information content (AvgIpc) is 3.90. The number of carbonyl (C=O) groups excluding carboxylic acids is 6. The van der Waals surface area contributed by atoms with E-state index in [1.54, 1.807) is 23.6 Å². The number of aliphatic hydroxyl groups is 1. The number of aliphatic hydroxyl groups excluding tert-OH is 1. The molecule has 9 atom stereocenters. The summed E-state index contributed by atoms with van der Waals surface area (Å²) >= 11 is 1.32. The van der Waals surface area contributed by atoms with Crippen molar-refractivity contribution in [3.8, 4) is 5.75 Å². The van der Waals surface area contributed by atoms with Gasteiger partial charge in [-0.3, -0.25) is 33.7 Å². The van der Waals surface area contributed by atoms with Gasteiger partial charge in [-0.15, -0.1) is 11.3 Å². The lowest BCUT2D eigenvalue weighted by Gasteiger charge is -2.40. The molecule has 422 valence electrons. The number of fused-ring (bicyclic) bond motifs is 1. The monoisotopic (exact) mass is 1070 g/mol. The number of aromatic nitrogens is 1. The number of nitrogens with one attached hydrogen (secondary N) is 3. The molecule has 1 saturated heterocycles. The number of hydrogen-bond donors (Lipinski definition) is 5. The third-order valence-electron chi connectivity index (χ3n) is 14.2. The summed E-state index contributed by atoms with van der Waals surface area (Å²) < 4.78 is 28.1. The zero-order valence-electron chi connectivity index (χ0n) is 46.1. The molecule has 4 amide bonds. The van der Waals surface area contributed by atoms with Crippen LogP contribution in [0, 0.1) is 11.8 Å². The summed E-state index contributed by atoms with van der Waals surface area (Å²) in [6.45, 7) is 15.9. The predicted octanol–water partition coefficient (Wildman–Crippen LogP) is 6.34. The number of thiazole rings is 1. The minimum absolute atomic E-state index is 0.00268. The van der Waals surface area contributed by atoms with E-state index < -0.39 is 54.3 Å². The molecule has 0 saturated carbocycles. The van der Waals surface area contributed by atoms with Crippen molar-refractivity contribution in [3.05, 3.63) is 45.4 Å². The molecule has 2 unspecified atom stereocenters. The first kappa shape index (κ1) is 62.8. The van der Waals surface area contributed by atoms with Gasteiger partial charge in [-0.25, -0.2) is 4.98 Å². The van der Waals surface area contributed by atoms with E-state index >= 15 is 0 Å². The SMILES string of the molecule is CCCO[C@H](C[C@H](C(C)C)N(CCC)C(=O)[C@@H](NC(=O)[C@H]1CCCCN1C)[C@@H](C)CC)c1nc(C(=O)N[C@H]2Cc3ccc(O)cc3[C@H](C(=O)OCCCNC(=O)CCCC(=O)OCC(OC)OC(CC)CO)C2)cs1. The maximum Gasteiger partial charge on any atom is 0.313 e. The Morgan fingerprint density at radius 2 is 1.75 bits per heavy atom. The van der Waals surface area contributed by atoms with Gasteiger partial charge in [-0.2, -0.15) is 0 Å². The Morgan fingerprint density at radius 3 is 2.41 bits per heavy atom. The maximum absolute atomic E-state index is 14.8. The summed E-state index contributed by atoms with van der Waals surface area (Å²) in [7, 11) is 3.38. The van der Waals surface area contributed by atoms with Crippen LogP contribution < -0.4 is 16.0 Å². The molecule has 0 spiro atoms. The highest BCUT2D eigenvalue weighted by Gasteiger charge is 2.39. The largest absolute Gasteiger partial charge is 0.508 e. The first-order valence-electron chi connectivity index (χ1n) is 27.4. The van der Waals surface area contributed by atoms with E-state index in [1.165, 1.54) is 18.4 Å². The molecular weight excluding hydrogens is 985 g/mol. The Labute approximate surface area is 448 Å². The fourth-order valence-electron chi connectivity index (χ4n) is 9.60. The van der Waals surface area contributed by atoms with Crippen LogP contribution in [0.25, 0.3) is 0 Å². The summed E-state index contributed by atoms with van der Waals surface area (Å²) in [5, 5.41) is 31.1. The van der Waals surface area contributed by atoms with Crippen molar-refractivity contribution >= 4 is 46.9 Å². The molecule has 4 rings (SSSR count). The number of methoxy groups -OCH3 is 1. The van der Waals surface area contributed by atoms with Gasteiger partial charge in [0.1, 0.15) is 35.2 Å². The molecule has 1 aromatic carbocycles. The van der Waals surface area contributed by atoms with E-state index in [9.17, 15) is 39.0 Å². The third-order valence-corrected chi connectivity index (χ3v) is 15.1. The lowest BCUT2D eigenvalue weighted by atomic mass is 9.80. The standard InChI is InChI=1S/C55H88N6O13S/c1-10-24-61(54(68)50(36(7)12-3)59-52(67)44-18-14-15-25-60(44)8)45(35(5)6)31-46(71-26-11-2)53-58-43(34-75-53)51(66)57-38-28-37-21-22-39(63)30-41(37)42(29-38)55(69)72-27-17-23-56-47(64)19-16-20-48(65)73-33-49(70-9)74-40(13-4)32-62/h21-22,30,34-36,38,40,42,44-46,49-50,62-63H,10-20,23-29,31-33H2,1-9H3,(H,56,64)(H,57,66)(H,59,67)/t36-,38-,40?,42+,44+,45+,46+,49?,50-/m0/s1. The number of phenols is 1. The number of nitrogens with zero attached hydrogens (tertiary/aromatic N) is 3. The molecule has 5 N–H and O–H groups in total. The van der Waals surface area contributed by atoms with Crippen LogP contribution in [-0.2, 0) is 54.1 Å². The number of esters is 2. The minimum atomic E-state index is -0.815. The summed E-state index contributed by atoms with van der Waals surface area (Å²) in [4.78, 5) is 89.7. The number of carbonyl (C=O) groups is 6. The smallest absolute Gasteiger partial charge is 0.313 e. The van der Waals surface area contributed by atoms with Crippen LogP contribution in [0.5, 0.6) is 5.75 Å². The Kier molecular flexibility index (Phi) is 27.4. The lowest BCUT2D eigenvalue weighted by molar-refractivity contribution is -0.194. The van der Waals surface area contributed by atoms with Crippen molar-refractivity contribution in [2.45, 2.75) is 187 Å². The first-order chi connectivity index (χ1) is 36.0. The number of amides is 4. The van der Waals surface area contributed by atoms with Crippen LogP contribution in [0.15, 0.2) is 23.6 Å². The van der Waals surface area contributed by atoms with Gasteiger partial charge in [-0.05, 0) is 106 Å². The van der Waals surface area contributed by atoms with Crippen LogP contribution in [0.4, 0.5) is 0 Å². The van der Waals surface area contributed by atoms with Crippen LogP contribution in [0.2, 0.25) is 0 Å². The van der Waals surface area contributed by atoms with Crippen molar-refractivity contribution in [2.24, 2.45) is 11.8 Å². The van der Waals surface area contributed by atoms with Gasteiger partial charge in [0.05, 0.1) is 31.3 Å². The molecule has 2 aromatic rings. The van der Waals surface area contributed by atoms with Gasteiger partial charge in [0.2, 0.25) is 17.7 Å². The molecule has 1 fully saturated rings. The van der Waals surface area contributed by atoms with Crippen LogP contribution in [-0.4, -0.2) is 157 Å². The minimum Gasteiger partial charge on any atom is -0.508 e. The quantitative estimate of drug-likeness (QED) is 0.0298. The topological polar surface area (TPSA) is 244 Å². The molecule has 2 aliphatic rings. The van der Waals surface area contributed by atoms with Crippen molar-refractivity contribution in [3.63, 3.8) is 0 Å². The summed E-state index contributed by atoms with van der Waals surface area (Å²) in [6, 6.07) is 3.16. The van der Waals surface area contributed by atoms with E-state index in [1.807, 2.05) is 46.6 Å². The number of benzene rings is 1. The van der Waals surface area contributed by atoms with Gasteiger partial charge >= 0.3 is 11.9 Å². The summed E-state index contributed by atoms with van der Waals surface area (Å²) in [5.41, 5.74) is 1.61. The summed E-state index contributed by atoms with van der Waals surface area (Å²) in [6.07, 6.45) is 5.53. The molecule has 20 heteroatoms. The van der Waals surface area contributed by atoms with Crippen LogP contribution in [0.1, 0.15) is 171 Å². The number of likely N-dealkylation sites (tertiary alicyclic amines) is 1. The van der Waals surface area contributed by atoms with E-state index in [2.05, 4.69) is 34.7 Å². The number of ether oxygens (including phenoxy) is 5. The number of rotatable bonds is 33. The molecule has 0 radical (unpaired) electrons. The Bertz CT molecular complexity index is 2100.